The fourth-order valence-electron chi connectivity index (χ4n) is 3.16. The van der Waals surface area contributed by atoms with Crippen molar-refractivity contribution in [1.82, 2.24) is 19.9 Å². The Bertz CT molecular complexity index is 941. The zero-order valence-electron chi connectivity index (χ0n) is 14.8. The Balaban J connectivity index is 1.56. The Hall–Kier alpha value is -2.45. The van der Waals surface area contributed by atoms with Crippen LogP contribution in [-0.4, -0.2) is 40.7 Å². The highest BCUT2D eigenvalue weighted by Gasteiger charge is 2.18. The van der Waals surface area contributed by atoms with Gasteiger partial charge in [0.25, 0.3) is 5.91 Å². The van der Waals surface area contributed by atoms with Gasteiger partial charge in [0.1, 0.15) is 0 Å². The molecule has 0 saturated carbocycles. The van der Waals surface area contributed by atoms with E-state index in [1.807, 2.05) is 29.8 Å². The normalized spacial score (nSPS) is 13.2. The average molecular weight is 371 g/mol. The van der Waals surface area contributed by atoms with Gasteiger partial charge in [-0.05, 0) is 37.5 Å². The average Bonchev–Trinajstić information content (AvgIpc) is 3.29. The Morgan fingerprint density at radius 3 is 3.04 bits per heavy atom. The molecular formula is C18H21N5O2S. The van der Waals surface area contributed by atoms with E-state index in [0.717, 1.165) is 35.0 Å². The smallest absolute Gasteiger partial charge is 0.251 e. The lowest BCUT2D eigenvalue weighted by Gasteiger charge is -2.04. The number of imidazole rings is 1. The molecule has 26 heavy (non-hydrogen) atoms. The van der Waals surface area contributed by atoms with Crippen LogP contribution < -0.4 is 10.6 Å². The van der Waals surface area contributed by atoms with Crippen LogP contribution in [0, 0.1) is 0 Å². The van der Waals surface area contributed by atoms with Crippen LogP contribution in [0.3, 0.4) is 0 Å². The van der Waals surface area contributed by atoms with Gasteiger partial charge in [0.15, 0.2) is 5.13 Å². The van der Waals surface area contributed by atoms with Crippen molar-refractivity contribution in [2.45, 2.75) is 19.3 Å². The first-order valence-corrected chi connectivity index (χ1v) is 9.46. The molecular weight excluding hydrogens is 350 g/mol. The Labute approximate surface area is 155 Å². The first-order chi connectivity index (χ1) is 12.7. The number of ether oxygens (including phenoxy) is 1. The molecule has 0 saturated heterocycles. The van der Waals surface area contributed by atoms with Gasteiger partial charge >= 0.3 is 0 Å². The van der Waals surface area contributed by atoms with Crippen LogP contribution in [-0.2, 0) is 24.6 Å². The minimum atomic E-state index is -0.125. The molecule has 2 heterocycles. The zero-order valence-corrected chi connectivity index (χ0v) is 15.7. The van der Waals surface area contributed by atoms with Crippen molar-refractivity contribution in [2.24, 2.45) is 7.05 Å². The van der Waals surface area contributed by atoms with Crippen LogP contribution in [0.2, 0.25) is 0 Å². The van der Waals surface area contributed by atoms with E-state index in [1.54, 1.807) is 18.4 Å². The topological polar surface area (TPSA) is 81.1 Å². The molecule has 4 rings (SSSR count). The maximum atomic E-state index is 12.2. The van der Waals surface area contributed by atoms with Crippen LogP contribution in [0.4, 0.5) is 11.1 Å². The van der Waals surface area contributed by atoms with Crippen molar-refractivity contribution < 1.29 is 9.53 Å². The lowest BCUT2D eigenvalue weighted by Crippen LogP contribution is -2.26. The van der Waals surface area contributed by atoms with Crippen molar-refractivity contribution in [2.75, 3.05) is 25.6 Å². The van der Waals surface area contributed by atoms with Gasteiger partial charge in [-0.25, -0.2) is 9.97 Å². The number of benzene rings is 1. The van der Waals surface area contributed by atoms with E-state index < -0.39 is 0 Å². The number of anilines is 2. The summed E-state index contributed by atoms with van der Waals surface area (Å²) in [7, 11) is 3.56. The van der Waals surface area contributed by atoms with E-state index in [1.165, 1.54) is 17.0 Å². The molecule has 0 aliphatic heterocycles. The molecule has 3 aromatic rings. The van der Waals surface area contributed by atoms with Crippen LogP contribution in [0.25, 0.3) is 11.0 Å². The number of aryl methyl sites for hydroxylation is 3. The molecule has 1 aliphatic carbocycles. The summed E-state index contributed by atoms with van der Waals surface area (Å²) in [5.74, 6) is 0.602. The third-order valence-electron chi connectivity index (χ3n) is 4.55. The van der Waals surface area contributed by atoms with Crippen molar-refractivity contribution in [3.63, 3.8) is 0 Å². The van der Waals surface area contributed by atoms with Gasteiger partial charge < -0.3 is 19.9 Å². The molecule has 0 unspecified atom stereocenters. The second-order valence-electron chi connectivity index (χ2n) is 6.31. The third-order valence-corrected chi connectivity index (χ3v) is 5.62. The summed E-state index contributed by atoms with van der Waals surface area (Å²) in [6.07, 6.45) is 3.40. The maximum Gasteiger partial charge on any atom is 0.251 e. The lowest BCUT2D eigenvalue weighted by atomic mass is 10.2. The summed E-state index contributed by atoms with van der Waals surface area (Å²) in [6, 6.07) is 5.54. The number of hydrogen-bond donors (Lipinski definition) is 2. The highest BCUT2D eigenvalue weighted by atomic mass is 32.1. The minimum Gasteiger partial charge on any atom is -0.383 e. The van der Waals surface area contributed by atoms with E-state index in [9.17, 15) is 4.79 Å². The number of thiazole rings is 1. The number of methoxy groups -OCH3 is 1. The van der Waals surface area contributed by atoms with Gasteiger partial charge in [0, 0.05) is 31.1 Å². The van der Waals surface area contributed by atoms with Crippen LogP contribution >= 0.6 is 11.3 Å². The first-order valence-electron chi connectivity index (χ1n) is 8.65. The predicted molar refractivity (Wildman–Crippen MR) is 102 cm³/mol. The number of nitrogens with one attached hydrogen (secondary N) is 2. The maximum absolute atomic E-state index is 12.2. The minimum absolute atomic E-state index is 0.125. The SMILES string of the molecule is COCCNC(=O)c1ccc2c(c1)nc(Nc1nc3c(s1)CCC3)n2C. The Kier molecular flexibility index (Phi) is 4.60. The number of rotatable bonds is 6. The van der Waals surface area contributed by atoms with Gasteiger partial charge in [-0.1, -0.05) is 0 Å². The van der Waals surface area contributed by atoms with Gasteiger partial charge in [-0.2, -0.15) is 0 Å². The van der Waals surface area contributed by atoms with Crippen molar-refractivity contribution >= 4 is 39.4 Å². The molecule has 1 amide bonds. The Morgan fingerprint density at radius 2 is 2.23 bits per heavy atom. The molecule has 0 spiro atoms. The van der Waals surface area contributed by atoms with E-state index >= 15 is 0 Å². The van der Waals surface area contributed by atoms with Gasteiger partial charge in [-0.15, -0.1) is 11.3 Å². The van der Waals surface area contributed by atoms with Crippen molar-refractivity contribution in [1.29, 1.82) is 0 Å². The van der Waals surface area contributed by atoms with E-state index in [2.05, 4.69) is 20.6 Å². The summed E-state index contributed by atoms with van der Waals surface area (Å²) in [5.41, 5.74) is 3.54. The quantitative estimate of drug-likeness (QED) is 0.651. The Morgan fingerprint density at radius 1 is 1.35 bits per heavy atom. The molecule has 136 valence electrons. The number of aromatic nitrogens is 3. The molecule has 1 aliphatic rings. The molecule has 1 aromatic carbocycles. The van der Waals surface area contributed by atoms with Gasteiger partial charge in [0.2, 0.25) is 5.95 Å². The van der Waals surface area contributed by atoms with Crippen LogP contribution in [0.15, 0.2) is 18.2 Å². The predicted octanol–water partition coefficient (Wildman–Crippen LogP) is 2.64. The molecule has 0 fully saturated rings. The lowest BCUT2D eigenvalue weighted by molar-refractivity contribution is 0.0937. The van der Waals surface area contributed by atoms with E-state index in [4.69, 9.17) is 4.74 Å². The second kappa shape index (κ2) is 7.05. The zero-order chi connectivity index (χ0) is 18.1. The number of nitrogens with zero attached hydrogens (tertiary/aromatic N) is 3. The highest BCUT2D eigenvalue weighted by molar-refractivity contribution is 7.15. The van der Waals surface area contributed by atoms with Crippen molar-refractivity contribution in [3.05, 3.63) is 34.3 Å². The number of fused-ring (bicyclic) bond motifs is 2. The van der Waals surface area contributed by atoms with Gasteiger partial charge in [-0.3, -0.25) is 4.79 Å². The molecule has 2 N–H and O–H groups in total. The molecule has 2 aromatic heterocycles. The second-order valence-corrected chi connectivity index (χ2v) is 7.40. The molecule has 0 bridgehead atoms. The first kappa shape index (κ1) is 17.0. The molecule has 0 atom stereocenters. The number of hydrogen-bond acceptors (Lipinski definition) is 6. The number of carbonyl (C=O) groups excluding carboxylic acids is 1. The molecule has 0 radical (unpaired) electrons. The van der Waals surface area contributed by atoms with Crippen LogP contribution in [0.1, 0.15) is 27.3 Å². The van der Waals surface area contributed by atoms with E-state index in [0.29, 0.717) is 18.7 Å². The summed E-state index contributed by atoms with van der Waals surface area (Å²) < 4.78 is 6.93. The number of carbonyl (C=O) groups is 1. The third kappa shape index (κ3) is 3.17. The van der Waals surface area contributed by atoms with Crippen LogP contribution in [0.5, 0.6) is 0 Å². The summed E-state index contributed by atoms with van der Waals surface area (Å²) in [4.78, 5) is 22.9. The van der Waals surface area contributed by atoms with Crippen molar-refractivity contribution in [3.8, 4) is 0 Å². The standard InChI is InChI=1S/C18H21N5O2S/c1-23-14-7-6-11(16(24)19-8-9-25-2)10-13(14)20-17(23)22-18-21-12-4-3-5-15(12)26-18/h6-7,10H,3-5,8-9H2,1-2H3,(H,19,24)(H,20,21,22). The van der Waals surface area contributed by atoms with E-state index in [-0.39, 0.29) is 5.91 Å². The summed E-state index contributed by atoms with van der Waals surface area (Å²) >= 11 is 1.70. The summed E-state index contributed by atoms with van der Waals surface area (Å²) in [6.45, 7) is 0.973. The fraction of sp³-hybridized carbons (Fsp3) is 0.389. The highest BCUT2D eigenvalue weighted by Crippen LogP contribution is 2.32. The number of amides is 1. The molecule has 8 heteroatoms. The largest absolute Gasteiger partial charge is 0.383 e. The summed E-state index contributed by atoms with van der Waals surface area (Å²) in [5, 5.41) is 7.03. The monoisotopic (exact) mass is 371 g/mol. The molecule has 7 nitrogen and oxygen atoms in total. The van der Waals surface area contributed by atoms with Gasteiger partial charge in [0.05, 0.1) is 23.3 Å². The fourth-order valence-corrected chi connectivity index (χ4v) is 4.20.